The predicted molar refractivity (Wildman–Crippen MR) is 94.7 cm³/mol. The van der Waals surface area contributed by atoms with Gasteiger partial charge in [0.1, 0.15) is 18.0 Å². The minimum absolute atomic E-state index is 0.0321. The molecule has 0 spiro atoms. The first-order valence-corrected chi connectivity index (χ1v) is 7.71. The van der Waals surface area contributed by atoms with Gasteiger partial charge in [0.05, 0.1) is 4.92 Å². The minimum Gasteiger partial charge on any atom is -0.360 e. The van der Waals surface area contributed by atoms with Crippen molar-refractivity contribution < 1.29 is 9.31 Å². The Labute approximate surface area is 148 Å². The number of aromatic nitrogens is 3. The quantitative estimate of drug-likeness (QED) is 0.515. The fraction of sp³-hybridized carbons (Fsp3) is 0.118. The summed E-state index contributed by atoms with van der Waals surface area (Å²) < 4.78 is 13.0. The van der Waals surface area contributed by atoms with E-state index in [-0.39, 0.29) is 29.7 Å². The monoisotopic (exact) mass is 354 g/mol. The SMILES string of the molecule is Cc1cccc(Nc2ncnc(NCc3ccc(F)cc3)c2[N+](=O)[O-])n1. The largest absolute Gasteiger partial charge is 0.360 e. The van der Waals surface area contributed by atoms with Crippen LogP contribution >= 0.6 is 0 Å². The van der Waals surface area contributed by atoms with E-state index in [1.807, 2.05) is 13.0 Å². The molecule has 0 aliphatic heterocycles. The molecule has 1 aromatic carbocycles. The number of rotatable bonds is 6. The number of nitrogens with zero attached hydrogens (tertiary/aromatic N) is 4. The third-order valence-electron chi connectivity index (χ3n) is 3.51. The van der Waals surface area contributed by atoms with E-state index in [4.69, 9.17) is 0 Å². The van der Waals surface area contributed by atoms with Crippen molar-refractivity contribution in [3.05, 3.63) is 76.0 Å². The molecule has 0 bridgehead atoms. The average molecular weight is 354 g/mol. The lowest BCUT2D eigenvalue weighted by molar-refractivity contribution is -0.383. The summed E-state index contributed by atoms with van der Waals surface area (Å²) in [5, 5.41) is 17.3. The Hall–Kier alpha value is -3.62. The van der Waals surface area contributed by atoms with Crippen LogP contribution in [0.25, 0.3) is 0 Å². The standard InChI is InChI=1S/C17H15FN6O2/c1-11-3-2-4-14(22-11)23-17-15(24(25)26)16(20-10-21-17)19-9-12-5-7-13(18)8-6-12/h2-8,10H,9H2,1H3,(H2,19,20,21,22,23). The zero-order valence-corrected chi connectivity index (χ0v) is 13.8. The second-order valence-corrected chi connectivity index (χ2v) is 5.45. The number of hydrogen-bond donors (Lipinski definition) is 2. The maximum Gasteiger partial charge on any atom is 0.353 e. The van der Waals surface area contributed by atoms with Crippen molar-refractivity contribution >= 4 is 23.1 Å². The summed E-state index contributed by atoms with van der Waals surface area (Å²) in [6.07, 6.45) is 1.22. The maximum absolute atomic E-state index is 13.0. The lowest BCUT2D eigenvalue weighted by Crippen LogP contribution is -2.08. The number of pyridine rings is 1. The van der Waals surface area contributed by atoms with Gasteiger partial charge in [0.15, 0.2) is 0 Å². The molecule has 2 N–H and O–H groups in total. The molecule has 26 heavy (non-hydrogen) atoms. The van der Waals surface area contributed by atoms with E-state index in [2.05, 4.69) is 25.6 Å². The van der Waals surface area contributed by atoms with Gasteiger partial charge in [-0.15, -0.1) is 0 Å². The van der Waals surface area contributed by atoms with E-state index >= 15 is 0 Å². The zero-order valence-electron chi connectivity index (χ0n) is 13.8. The number of nitrogens with one attached hydrogen (secondary N) is 2. The Morgan fingerprint density at radius 3 is 2.54 bits per heavy atom. The Kier molecular flexibility index (Phi) is 4.97. The first-order chi connectivity index (χ1) is 12.5. The van der Waals surface area contributed by atoms with Crippen LogP contribution in [0, 0.1) is 22.9 Å². The van der Waals surface area contributed by atoms with E-state index in [9.17, 15) is 14.5 Å². The third-order valence-corrected chi connectivity index (χ3v) is 3.51. The number of nitro groups is 1. The van der Waals surface area contributed by atoms with Crippen molar-refractivity contribution in [1.29, 1.82) is 0 Å². The molecule has 0 radical (unpaired) electrons. The Morgan fingerprint density at radius 2 is 1.85 bits per heavy atom. The molecule has 0 unspecified atom stereocenters. The second kappa shape index (κ2) is 7.51. The van der Waals surface area contributed by atoms with Crippen LogP contribution in [0.5, 0.6) is 0 Å². The van der Waals surface area contributed by atoms with Crippen molar-refractivity contribution in [3.63, 3.8) is 0 Å². The molecule has 0 amide bonds. The first kappa shape index (κ1) is 17.2. The average Bonchev–Trinajstić information content (AvgIpc) is 2.61. The summed E-state index contributed by atoms with van der Waals surface area (Å²) in [6.45, 7) is 2.06. The van der Waals surface area contributed by atoms with Gasteiger partial charge in [-0.05, 0) is 36.8 Å². The van der Waals surface area contributed by atoms with Gasteiger partial charge in [-0.25, -0.2) is 19.3 Å². The van der Waals surface area contributed by atoms with Gasteiger partial charge >= 0.3 is 5.69 Å². The highest BCUT2D eigenvalue weighted by Crippen LogP contribution is 2.30. The van der Waals surface area contributed by atoms with Crippen molar-refractivity contribution in [3.8, 4) is 0 Å². The Morgan fingerprint density at radius 1 is 1.12 bits per heavy atom. The fourth-order valence-corrected chi connectivity index (χ4v) is 2.29. The summed E-state index contributed by atoms with van der Waals surface area (Å²) in [6, 6.07) is 11.1. The molecule has 0 fully saturated rings. The van der Waals surface area contributed by atoms with E-state index in [1.54, 1.807) is 24.3 Å². The molecule has 3 rings (SSSR count). The van der Waals surface area contributed by atoms with Gasteiger partial charge in [0, 0.05) is 12.2 Å². The third kappa shape index (κ3) is 4.07. The molecule has 8 nitrogen and oxygen atoms in total. The zero-order chi connectivity index (χ0) is 18.5. The summed E-state index contributed by atoms with van der Waals surface area (Å²) >= 11 is 0. The number of aryl methyl sites for hydroxylation is 1. The minimum atomic E-state index is -0.564. The second-order valence-electron chi connectivity index (χ2n) is 5.45. The van der Waals surface area contributed by atoms with E-state index in [1.165, 1.54) is 18.5 Å². The maximum atomic E-state index is 13.0. The van der Waals surface area contributed by atoms with E-state index in [0.717, 1.165) is 11.3 Å². The van der Waals surface area contributed by atoms with Crippen molar-refractivity contribution in [2.24, 2.45) is 0 Å². The lowest BCUT2D eigenvalue weighted by Gasteiger charge is -2.10. The molecule has 0 aliphatic rings. The molecule has 2 heterocycles. The van der Waals surface area contributed by atoms with Crippen molar-refractivity contribution in [2.45, 2.75) is 13.5 Å². The number of hydrogen-bond acceptors (Lipinski definition) is 7. The van der Waals surface area contributed by atoms with E-state index in [0.29, 0.717) is 5.82 Å². The van der Waals surface area contributed by atoms with Crippen LogP contribution < -0.4 is 10.6 Å². The molecule has 0 saturated carbocycles. The van der Waals surface area contributed by atoms with Crippen LogP contribution in [0.1, 0.15) is 11.3 Å². The lowest BCUT2D eigenvalue weighted by atomic mass is 10.2. The molecule has 0 atom stereocenters. The molecule has 132 valence electrons. The molecular weight excluding hydrogens is 339 g/mol. The van der Waals surface area contributed by atoms with Crippen LogP contribution in [0.2, 0.25) is 0 Å². The number of benzene rings is 1. The summed E-state index contributed by atoms with van der Waals surface area (Å²) in [7, 11) is 0. The molecule has 0 saturated heterocycles. The van der Waals surface area contributed by atoms with Gasteiger partial charge in [-0.3, -0.25) is 10.1 Å². The normalized spacial score (nSPS) is 10.4. The van der Waals surface area contributed by atoms with Crippen LogP contribution in [0.4, 0.5) is 27.5 Å². The summed E-state index contributed by atoms with van der Waals surface area (Å²) in [5.74, 6) is 0.185. The molecular formula is C17H15FN6O2. The smallest absolute Gasteiger partial charge is 0.353 e. The topological polar surface area (TPSA) is 106 Å². The van der Waals surface area contributed by atoms with Crippen LogP contribution in [-0.4, -0.2) is 19.9 Å². The summed E-state index contributed by atoms with van der Waals surface area (Å²) in [4.78, 5) is 23.1. The van der Waals surface area contributed by atoms with Gasteiger partial charge in [0.25, 0.3) is 0 Å². The Balaban J connectivity index is 1.85. The Bertz CT molecular complexity index is 933. The highest BCUT2D eigenvalue weighted by Gasteiger charge is 2.23. The number of halogens is 1. The first-order valence-electron chi connectivity index (χ1n) is 7.71. The van der Waals surface area contributed by atoms with Crippen LogP contribution in [0.3, 0.4) is 0 Å². The van der Waals surface area contributed by atoms with Gasteiger partial charge in [-0.2, -0.15) is 0 Å². The molecule has 2 aromatic heterocycles. The van der Waals surface area contributed by atoms with Gasteiger partial charge < -0.3 is 10.6 Å². The highest BCUT2D eigenvalue weighted by molar-refractivity contribution is 5.72. The van der Waals surface area contributed by atoms with Crippen LogP contribution in [-0.2, 0) is 6.54 Å². The molecule has 3 aromatic rings. The van der Waals surface area contributed by atoms with Gasteiger partial charge in [-0.1, -0.05) is 18.2 Å². The summed E-state index contributed by atoms with van der Waals surface area (Å²) in [5.41, 5.74) is 1.23. The van der Waals surface area contributed by atoms with Crippen LogP contribution in [0.15, 0.2) is 48.8 Å². The number of anilines is 3. The fourth-order valence-electron chi connectivity index (χ4n) is 2.29. The molecule has 0 aliphatic carbocycles. The predicted octanol–water partition coefficient (Wildman–Crippen LogP) is 3.58. The van der Waals surface area contributed by atoms with E-state index < -0.39 is 4.92 Å². The van der Waals surface area contributed by atoms with Crippen molar-refractivity contribution in [2.75, 3.05) is 10.6 Å². The van der Waals surface area contributed by atoms with Crippen molar-refractivity contribution in [1.82, 2.24) is 15.0 Å². The molecule has 9 heteroatoms. The van der Waals surface area contributed by atoms with Gasteiger partial charge in [0.2, 0.25) is 11.6 Å². The highest BCUT2D eigenvalue weighted by atomic mass is 19.1.